The van der Waals surface area contributed by atoms with Gasteiger partial charge < -0.3 is 16.0 Å². The number of amides is 1. The van der Waals surface area contributed by atoms with Crippen LogP contribution in [-0.4, -0.2) is 26.0 Å². The first-order valence-electron chi connectivity index (χ1n) is 6.42. The summed E-state index contributed by atoms with van der Waals surface area (Å²) < 4.78 is 0. The van der Waals surface area contributed by atoms with Crippen molar-refractivity contribution in [3.63, 3.8) is 0 Å². The Hall–Kier alpha value is -1.55. The lowest BCUT2D eigenvalue weighted by molar-refractivity contribution is -0.120. The fourth-order valence-electron chi connectivity index (χ4n) is 2.39. The average molecular weight is 247 g/mol. The van der Waals surface area contributed by atoms with Crippen molar-refractivity contribution in [2.24, 2.45) is 11.7 Å². The van der Waals surface area contributed by atoms with Crippen molar-refractivity contribution in [2.45, 2.75) is 25.3 Å². The monoisotopic (exact) mass is 247 g/mol. The van der Waals surface area contributed by atoms with E-state index in [0.717, 1.165) is 30.6 Å². The highest BCUT2D eigenvalue weighted by Gasteiger charge is 2.30. The van der Waals surface area contributed by atoms with E-state index < -0.39 is 0 Å². The highest BCUT2D eigenvalue weighted by Crippen LogP contribution is 2.25. The maximum atomic E-state index is 12.0. The molecule has 98 valence electrons. The van der Waals surface area contributed by atoms with Crippen molar-refractivity contribution in [2.75, 3.05) is 24.3 Å². The highest BCUT2D eigenvalue weighted by molar-refractivity contribution is 5.93. The van der Waals surface area contributed by atoms with E-state index in [9.17, 15) is 4.79 Å². The van der Waals surface area contributed by atoms with Crippen LogP contribution >= 0.6 is 0 Å². The molecule has 1 saturated carbocycles. The summed E-state index contributed by atoms with van der Waals surface area (Å²) in [7, 11) is 3.98. The Kier molecular flexibility index (Phi) is 3.87. The van der Waals surface area contributed by atoms with Gasteiger partial charge in [0.25, 0.3) is 0 Å². The standard InChI is InChI=1S/C14H21N3O/c1-17(2)11-8-6-10(7-9-11)16-14(18)12-4-3-5-13(12)15/h6-9,12-13H,3-5,15H2,1-2H3,(H,16,18). The number of nitrogens with zero attached hydrogens (tertiary/aromatic N) is 1. The van der Waals surface area contributed by atoms with E-state index in [1.54, 1.807) is 0 Å². The molecule has 1 aliphatic carbocycles. The number of hydrogen-bond acceptors (Lipinski definition) is 3. The molecule has 0 aliphatic heterocycles. The lowest BCUT2D eigenvalue weighted by Crippen LogP contribution is -2.34. The maximum absolute atomic E-state index is 12.0. The maximum Gasteiger partial charge on any atom is 0.229 e. The average Bonchev–Trinajstić information content (AvgIpc) is 2.76. The molecule has 4 heteroatoms. The van der Waals surface area contributed by atoms with E-state index in [4.69, 9.17) is 5.73 Å². The summed E-state index contributed by atoms with van der Waals surface area (Å²) >= 11 is 0. The van der Waals surface area contributed by atoms with Crippen LogP contribution in [0.4, 0.5) is 11.4 Å². The van der Waals surface area contributed by atoms with Crippen LogP contribution in [0.5, 0.6) is 0 Å². The molecular formula is C14H21N3O. The molecule has 4 nitrogen and oxygen atoms in total. The predicted molar refractivity (Wildman–Crippen MR) is 74.7 cm³/mol. The van der Waals surface area contributed by atoms with Gasteiger partial charge in [-0.1, -0.05) is 6.42 Å². The fraction of sp³-hybridized carbons (Fsp3) is 0.500. The first-order chi connectivity index (χ1) is 8.58. The van der Waals surface area contributed by atoms with Gasteiger partial charge in [0.05, 0.1) is 5.92 Å². The van der Waals surface area contributed by atoms with Crippen LogP contribution in [0.25, 0.3) is 0 Å². The summed E-state index contributed by atoms with van der Waals surface area (Å²) in [5.41, 5.74) is 7.88. The van der Waals surface area contributed by atoms with E-state index in [1.165, 1.54) is 0 Å². The van der Waals surface area contributed by atoms with Crippen molar-refractivity contribution < 1.29 is 4.79 Å². The SMILES string of the molecule is CN(C)c1ccc(NC(=O)C2CCCC2N)cc1. The molecule has 0 bridgehead atoms. The Morgan fingerprint density at radius 3 is 2.44 bits per heavy atom. The molecule has 1 amide bonds. The summed E-state index contributed by atoms with van der Waals surface area (Å²) in [6.45, 7) is 0. The molecule has 2 atom stereocenters. The molecule has 2 rings (SSSR count). The number of carbonyl (C=O) groups is 1. The van der Waals surface area contributed by atoms with Crippen LogP contribution in [-0.2, 0) is 4.79 Å². The third-order valence-electron chi connectivity index (χ3n) is 3.56. The Morgan fingerprint density at radius 1 is 1.28 bits per heavy atom. The number of hydrogen-bond donors (Lipinski definition) is 2. The topological polar surface area (TPSA) is 58.4 Å². The summed E-state index contributed by atoms with van der Waals surface area (Å²) in [5, 5.41) is 2.94. The molecule has 1 aliphatic rings. The van der Waals surface area contributed by atoms with Crippen molar-refractivity contribution >= 4 is 17.3 Å². The quantitative estimate of drug-likeness (QED) is 0.856. The second-order valence-corrected chi connectivity index (χ2v) is 5.13. The summed E-state index contributed by atoms with van der Waals surface area (Å²) in [4.78, 5) is 14.1. The van der Waals surface area contributed by atoms with Gasteiger partial charge in [-0.2, -0.15) is 0 Å². The Morgan fingerprint density at radius 2 is 1.94 bits per heavy atom. The molecular weight excluding hydrogens is 226 g/mol. The normalized spacial score (nSPS) is 22.8. The Balaban J connectivity index is 1.98. The molecule has 0 spiro atoms. The van der Waals surface area contributed by atoms with E-state index in [1.807, 2.05) is 43.3 Å². The summed E-state index contributed by atoms with van der Waals surface area (Å²) in [5.74, 6) is 0.0242. The highest BCUT2D eigenvalue weighted by atomic mass is 16.1. The minimum Gasteiger partial charge on any atom is -0.378 e. The fourth-order valence-corrected chi connectivity index (χ4v) is 2.39. The van der Waals surface area contributed by atoms with Gasteiger partial charge in [-0.3, -0.25) is 4.79 Å². The van der Waals surface area contributed by atoms with Crippen LogP contribution in [0.3, 0.4) is 0 Å². The minimum absolute atomic E-state index is 0.0195. The summed E-state index contributed by atoms with van der Waals surface area (Å²) in [6, 6.07) is 7.85. The number of carbonyl (C=O) groups excluding carboxylic acids is 1. The van der Waals surface area contributed by atoms with Gasteiger partial charge in [0.2, 0.25) is 5.91 Å². The molecule has 1 fully saturated rings. The zero-order valence-corrected chi connectivity index (χ0v) is 11.0. The van der Waals surface area contributed by atoms with Gasteiger partial charge in [0.1, 0.15) is 0 Å². The zero-order valence-electron chi connectivity index (χ0n) is 11.0. The molecule has 3 N–H and O–H groups in total. The number of rotatable bonds is 3. The second kappa shape index (κ2) is 5.40. The molecule has 18 heavy (non-hydrogen) atoms. The van der Waals surface area contributed by atoms with E-state index in [-0.39, 0.29) is 17.9 Å². The molecule has 2 unspecified atom stereocenters. The largest absolute Gasteiger partial charge is 0.378 e. The van der Waals surface area contributed by atoms with Crippen LogP contribution < -0.4 is 16.0 Å². The molecule has 0 aromatic heterocycles. The minimum atomic E-state index is -0.0291. The third-order valence-corrected chi connectivity index (χ3v) is 3.56. The molecule has 1 aromatic rings. The van der Waals surface area contributed by atoms with Crippen LogP contribution in [0.15, 0.2) is 24.3 Å². The Labute approximate surface area is 108 Å². The van der Waals surface area contributed by atoms with Gasteiger partial charge in [-0.25, -0.2) is 0 Å². The zero-order chi connectivity index (χ0) is 13.1. The summed E-state index contributed by atoms with van der Waals surface area (Å²) in [6.07, 6.45) is 2.92. The smallest absolute Gasteiger partial charge is 0.229 e. The van der Waals surface area contributed by atoms with Crippen molar-refractivity contribution in [1.29, 1.82) is 0 Å². The van der Waals surface area contributed by atoms with Crippen LogP contribution in [0, 0.1) is 5.92 Å². The van der Waals surface area contributed by atoms with Crippen LogP contribution in [0.2, 0.25) is 0 Å². The van der Waals surface area contributed by atoms with Crippen molar-refractivity contribution in [3.8, 4) is 0 Å². The second-order valence-electron chi connectivity index (χ2n) is 5.13. The first kappa shape index (κ1) is 12.9. The van der Waals surface area contributed by atoms with E-state index in [0.29, 0.717) is 0 Å². The Bertz CT molecular complexity index is 414. The lowest BCUT2D eigenvalue weighted by atomic mass is 10.0. The van der Waals surface area contributed by atoms with Gasteiger partial charge in [-0.15, -0.1) is 0 Å². The van der Waals surface area contributed by atoms with E-state index in [2.05, 4.69) is 5.32 Å². The lowest BCUT2D eigenvalue weighted by Gasteiger charge is -2.16. The number of anilines is 2. The van der Waals surface area contributed by atoms with E-state index >= 15 is 0 Å². The van der Waals surface area contributed by atoms with Crippen molar-refractivity contribution in [1.82, 2.24) is 0 Å². The van der Waals surface area contributed by atoms with Gasteiger partial charge in [0.15, 0.2) is 0 Å². The third kappa shape index (κ3) is 2.82. The van der Waals surface area contributed by atoms with Crippen LogP contribution in [0.1, 0.15) is 19.3 Å². The first-order valence-corrected chi connectivity index (χ1v) is 6.42. The number of benzene rings is 1. The van der Waals surface area contributed by atoms with Crippen molar-refractivity contribution in [3.05, 3.63) is 24.3 Å². The molecule has 0 saturated heterocycles. The van der Waals surface area contributed by atoms with Gasteiger partial charge in [-0.05, 0) is 37.1 Å². The number of nitrogens with two attached hydrogens (primary N) is 1. The molecule has 0 heterocycles. The molecule has 0 radical (unpaired) electrons. The van der Waals surface area contributed by atoms with Gasteiger partial charge in [0, 0.05) is 31.5 Å². The van der Waals surface area contributed by atoms with Gasteiger partial charge >= 0.3 is 0 Å². The molecule has 1 aromatic carbocycles. The number of nitrogens with one attached hydrogen (secondary N) is 1. The predicted octanol–water partition coefficient (Wildman–Crippen LogP) is 1.82.